The molecule has 2 unspecified atom stereocenters. The number of carbonyl (C=O) groups is 1. The molecular formula is C23H26ClN3O2. The van der Waals surface area contributed by atoms with Crippen LogP contribution in [-0.4, -0.2) is 34.6 Å². The number of hydrogen-bond donors (Lipinski definition) is 1. The Hall–Kier alpha value is -2.53. The van der Waals surface area contributed by atoms with Gasteiger partial charge in [-0.25, -0.2) is 4.79 Å². The SMILES string of the molecule is CC(C)NC(=O)N1CC2CC(C1)c1c(C=Cc3ccc(Cl)cc3)ccc(=O)n1C2. The Bertz CT molecular complexity index is 994. The number of carbonyl (C=O) groups excluding carboxylic acids is 1. The van der Waals surface area contributed by atoms with Crippen molar-refractivity contribution in [2.24, 2.45) is 5.92 Å². The highest BCUT2D eigenvalue weighted by Crippen LogP contribution is 2.37. The molecule has 1 saturated heterocycles. The number of urea groups is 1. The summed E-state index contributed by atoms with van der Waals surface area (Å²) in [6.07, 6.45) is 5.10. The van der Waals surface area contributed by atoms with Crippen molar-refractivity contribution in [1.82, 2.24) is 14.8 Å². The van der Waals surface area contributed by atoms with Crippen molar-refractivity contribution in [3.63, 3.8) is 0 Å². The van der Waals surface area contributed by atoms with Gasteiger partial charge in [-0.3, -0.25) is 4.79 Å². The zero-order chi connectivity index (χ0) is 20.5. The van der Waals surface area contributed by atoms with Gasteiger partial charge in [-0.1, -0.05) is 35.9 Å². The Labute approximate surface area is 176 Å². The monoisotopic (exact) mass is 411 g/mol. The molecule has 2 atom stereocenters. The number of nitrogens with one attached hydrogen (secondary N) is 1. The molecule has 2 aliphatic rings. The number of amides is 2. The van der Waals surface area contributed by atoms with Gasteiger partial charge in [-0.2, -0.15) is 0 Å². The highest BCUT2D eigenvalue weighted by molar-refractivity contribution is 6.30. The van der Waals surface area contributed by atoms with Gasteiger partial charge in [0.1, 0.15) is 0 Å². The minimum Gasteiger partial charge on any atom is -0.336 e. The first-order valence-corrected chi connectivity index (χ1v) is 10.5. The molecule has 152 valence electrons. The third kappa shape index (κ3) is 4.25. The first-order valence-electron chi connectivity index (χ1n) is 10.1. The van der Waals surface area contributed by atoms with Gasteiger partial charge in [0.15, 0.2) is 0 Å². The molecule has 0 spiro atoms. The summed E-state index contributed by atoms with van der Waals surface area (Å²) in [7, 11) is 0. The molecule has 3 heterocycles. The lowest BCUT2D eigenvalue weighted by Crippen LogP contribution is -2.53. The minimum atomic E-state index is -0.0142. The van der Waals surface area contributed by atoms with Crippen LogP contribution >= 0.6 is 11.6 Å². The lowest BCUT2D eigenvalue weighted by atomic mass is 9.81. The lowest BCUT2D eigenvalue weighted by molar-refractivity contribution is 0.129. The van der Waals surface area contributed by atoms with Crippen LogP contribution in [0.5, 0.6) is 0 Å². The van der Waals surface area contributed by atoms with E-state index in [0.717, 1.165) is 23.2 Å². The number of pyridine rings is 1. The molecule has 5 nitrogen and oxygen atoms in total. The van der Waals surface area contributed by atoms with Gasteiger partial charge in [0.25, 0.3) is 5.56 Å². The van der Waals surface area contributed by atoms with Gasteiger partial charge < -0.3 is 14.8 Å². The van der Waals surface area contributed by atoms with E-state index in [4.69, 9.17) is 11.6 Å². The molecule has 2 aliphatic heterocycles. The standard InChI is InChI=1S/C23H26ClN3O2/c1-15(2)25-23(29)26-12-17-11-19(14-26)22-18(7-10-21(28)27(22)13-17)6-3-16-4-8-20(24)9-5-16/h3-10,15,17,19H,11-14H2,1-2H3,(H,25,29). The quantitative estimate of drug-likeness (QED) is 0.822. The number of piperidine rings is 1. The molecule has 2 bridgehead atoms. The van der Waals surface area contributed by atoms with Crippen LogP contribution in [0.2, 0.25) is 5.02 Å². The minimum absolute atomic E-state index is 0.0142. The highest BCUT2D eigenvalue weighted by atomic mass is 35.5. The third-order valence-corrected chi connectivity index (χ3v) is 5.90. The molecule has 4 rings (SSSR count). The summed E-state index contributed by atoms with van der Waals surface area (Å²) >= 11 is 5.97. The maximum Gasteiger partial charge on any atom is 0.317 e. The van der Waals surface area contributed by atoms with E-state index in [1.807, 2.05) is 59.7 Å². The van der Waals surface area contributed by atoms with Gasteiger partial charge in [0.05, 0.1) is 0 Å². The second-order valence-corrected chi connectivity index (χ2v) is 8.75. The molecule has 0 radical (unpaired) electrons. The summed E-state index contributed by atoms with van der Waals surface area (Å²) < 4.78 is 1.91. The van der Waals surface area contributed by atoms with E-state index in [1.165, 1.54) is 0 Å². The largest absolute Gasteiger partial charge is 0.336 e. The average molecular weight is 412 g/mol. The van der Waals surface area contributed by atoms with Crippen LogP contribution in [0.15, 0.2) is 41.2 Å². The Kier molecular flexibility index (Phi) is 5.50. The molecule has 1 aromatic heterocycles. The summed E-state index contributed by atoms with van der Waals surface area (Å²) in [5.41, 5.74) is 3.17. The van der Waals surface area contributed by atoms with E-state index < -0.39 is 0 Å². The van der Waals surface area contributed by atoms with Crippen molar-refractivity contribution in [2.45, 2.75) is 38.8 Å². The Morgan fingerprint density at radius 1 is 1.10 bits per heavy atom. The Morgan fingerprint density at radius 2 is 1.86 bits per heavy atom. The second kappa shape index (κ2) is 8.07. The van der Waals surface area contributed by atoms with Crippen LogP contribution in [0.1, 0.15) is 43.0 Å². The molecule has 6 heteroatoms. The fourth-order valence-corrected chi connectivity index (χ4v) is 4.58. The molecule has 0 saturated carbocycles. The third-order valence-electron chi connectivity index (χ3n) is 5.65. The molecule has 1 N–H and O–H groups in total. The van der Waals surface area contributed by atoms with E-state index in [1.54, 1.807) is 6.07 Å². The number of nitrogens with zero attached hydrogens (tertiary/aromatic N) is 2. The fraction of sp³-hybridized carbons (Fsp3) is 0.391. The zero-order valence-electron chi connectivity index (χ0n) is 16.8. The smallest absolute Gasteiger partial charge is 0.317 e. The number of likely N-dealkylation sites (tertiary alicyclic amines) is 1. The van der Waals surface area contributed by atoms with Crippen molar-refractivity contribution in [3.05, 3.63) is 68.6 Å². The highest BCUT2D eigenvalue weighted by Gasteiger charge is 2.37. The Morgan fingerprint density at radius 3 is 2.59 bits per heavy atom. The molecule has 29 heavy (non-hydrogen) atoms. The van der Waals surface area contributed by atoms with Crippen molar-refractivity contribution < 1.29 is 4.79 Å². The predicted molar refractivity (Wildman–Crippen MR) is 117 cm³/mol. The second-order valence-electron chi connectivity index (χ2n) is 8.32. The van der Waals surface area contributed by atoms with Gasteiger partial charge in [-0.15, -0.1) is 0 Å². The molecule has 2 aromatic rings. The summed E-state index contributed by atoms with van der Waals surface area (Å²) in [4.78, 5) is 27.0. The first kappa shape index (κ1) is 19.8. The summed E-state index contributed by atoms with van der Waals surface area (Å²) in [5, 5.41) is 3.70. The van der Waals surface area contributed by atoms with Gasteiger partial charge in [-0.05, 0) is 55.5 Å². The van der Waals surface area contributed by atoms with Gasteiger partial charge >= 0.3 is 6.03 Å². The van der Waals surface area contributed by atoms with Crippen LogP contribution in [0, 0.1) is 5.92 Å². The van der Waals surface area contributed by atoms with E-state index in [9.17, 15) is 9.59 Å². The van der Waals surface area contributed by atoms with E-state index in [2.05, 4.69) is 11.4 Å². The molecule has 2 amide bonds. The lowest BCUT2D eigenvalue weighted by Gasteiger charge is -2.43. The predicted octanol–water partition coefficient (Wildman–Crippen LogP) is 4.21. The van der Waals surface area contributed by atoms with E-state index in [-0.39, 0.29) is 23.6 Å². The van der Waals surface area contributed by atoms with Crippen molar-refractivity contribution in [1.29, 1.82) is 0 Å². The van der Waals surface area contributed by atoms with E-state index >= 15 is 0 Å². The molecular weight excluding hydrogens is 386 g/mol. The number of hydrogen-bond acceptors (Lipinski definition) is 2. The average Bonchev–Trinajstić information content (AvgIpc) is 2.68. The van der Waals surface area contributed by atoms with Crippen LogP contribution in [0.25, 0.3) is 12.2 Å². The fourth-order valence-electron chi connectivity index (χ4n) is 4.45. The number of benzene rings is 1. The van der Waals surface area contributed by atoms with Crippen molar-refractivity contribution in [2.75, 3.05) is 13.1 Å². The Balaban J connectivity index is 1.65. The van der Waals surface area contributed by atoms with Crippen molar-refractivity contribution >= 4 is 29.8 Å². The van der Waals surface area contributed by atoms with Crippen molar-refractivity contribution in [3.8, 4) is 0 Å². The zero-order valence-corrected chi connectivity index (χ0v) is 17.5. The first-order chi connectivity index (χ1) is 13.9. The van der Waals surface area contributed by atoms with Crippen LogP contribution < -0.4 is 10.9 Å². The van der Waals surface area contributed by atoms with Crippen LogP contribution in [0.4, 0.5) is 4.79 Å². The van der Waals surface area contributed by atoms with Crippen LogP contribution in [-0.2, 0) is 6.54 Å². The summed E-state index contributed by atoms with van der Waals surface area (Å²) in [5.74, 6) is 0.478. The number of fused-ring (bicyclic) bond motifs is 4. The van der Waals surface area contributed by atoms with Gasteiger partial charge in [0.2, 0.25) is 0 Å². The van der Waals surface area contributed by atoms with Crippen LogP contribution in [0.3, 0.4) is 0 Å². The maximum atomic E-state index is 12.6. The normalized spacial score (nSPS) is 20.8. The number of aromatic nitrogens is 1. The van der Waals surface area contributed by atoms with E-state index in [0.29, 0.717) is 30.6 Å². The molecule has 0 aliphatic carbocycles. The molecule has 1 fully saturated rings. The molecule has 1 aromatic carbocycles. The van der Waals surface area contributed by atoms with Gasteiger partial charge in [0, 0.05) is 48.4 Å². The summed E-state index contributed by atoms with van der Waals surface area (Å²) in [6.45, 7) is 5.94. The number of rotatable bonds is 3. The topological polar surface area (TPSA) is 54.3 Å². The maximum absolute atomic E-state index is 12.6. The summed E-state index contributed by atoms with van der Waals surface area (Å²) in [6, 6.07) is 11.3. The number of halogens is 1.